The van der Waals surface area contributed by atoms with Gasteiger partial charge in [0.25, 0.3) is 0 Å². The third kappa shape index (κ3) is 2.00. The van der Waals surface area contributed by atoms with E-state index in [1.807, 2.05) is 6.08 Å². The van der Waals surface area contributed by atoms with Crippen LogP contribution in [0.2, 0.25) is 0 Å². The lowest BCUT2D eigenvalue weighted by Gasteiger charge is -2.58. The summed E-state index contributed by atoms with van der Waals surface area (Å²) in [5, 5.41) is 11.2. The Hall–Kier alpha value is -0.890. The predicted molar refractivity (Wildman–Crippen MR) is 91.8 cm³/mol. The van der Waals surface area contributed by atoms with E-state index in [4.69, 9.17) is 0 Å². The second-order valence-corrected chi connectivity index (χ2v) is 8.98. The second kappa shape index (κ2) is 5.05. The van der Waals surface area contributed by atoms with Crippen LogP contribution in [0.4, 0.5) is 0 Å². The van der Waals surface area contributed by atoms with E-state index in [0.717, 1.165) is 31.1 Å². The number of carbonyl (C=O) groups excluding carboxylic acids is 1. The molecule has 2 nitrogen and oxygen atoms in total. The molecular weight excluding hydrogens is 284 g/mol. The largest absolute Gasteiger partial charge is 0.393 e. The van der Waals surface area contributed by atoms with Gasteiger partial charge in [-0.15, -0.1) is 0 Å². The van der Waals surface area contributed by atoms with E-state index in [1.165, 1.54) is 24.8 Å². The fourth-order valence-electron chi connectivity index (χ4n) is 7.10. The summed E-state index contributed by atoms with van der Waals surface area (Å²) in [5.41, 5.74) is 1.47. The van der Waals surface area contributed by atoms with Crippen LogP contribution in [0.3, 0.4) is 0 Å². The number of carbonyl (C=O) groups is 1. The number of aliphatic hydroxyl groups excluding tert-OH is 1. The Morgan fingerprint density at radius 3 is 2.78 bits per heavy atom. The summed E-state index contributed by atoms with van der Waals surface area (Å²) in [7, 11) is 0. The van der Waals surface area contributed by atoms with Crippen molar-refractivity contribution in [2.24, 2.45) is 34.5 Å². The molecule has 0 bridgehead atoms. The van der Waals surface area contributed by atoms with E-state index >= 15 is 0 Å². The normalized spacial score (nSPS) is 51.7. The summed E-state index contributed by atoms with van der Waals surface area (Å²) in [4.78, 5) is 11.8. The average Bonchev–Trinajstić information content (AvgIpc) is 2.83. The zero-order chi connectivity index (χ0) is 16.4. The minimum absolute atomic E-state index is 0.109. The van der Waals surface area contributed by atoms with Gasteiger partial charge in [0.05, 0.1) is 6.10 Å². The molecule has 4 rings (SSSR count). The topological polar surface area (TPSA) is 37.3 Å². The summed E-state index contributed by atoms with van der Waals surface area (Å²) >= 11 is 0. The van der Waals surface area contributed by atoms with E-state index in [-0.39, 0.29) is 17.3 Å². The molecule has 4 aliphatic rings. The Morgan fingerprint density at radius 2 is 2.04 bits per heavy atom. The first-order valence-corrected chi connectivity index (χ1v) is 9.52. The highest BCUT2D eigenvalue weighted by molar-refractivity contribution is 6.01. The van der Waals surface area contributed by atoms with Gasteiger partial charge >= 0.3 is 0 Å². The first kappa shape index (κ1) is 15.6. The van der Waals surface area contributed by atoms with Crippen LogP contribution in [0.5, 0.6) is 0 Å². The smallest absolute Gasteiger partial charge is 0.178 e. The number of allylic oxidation sites excluding steroid dienone is 4. The maximum Gasteiger partial charge on any atom is 0.178 e. The molecule has 0 saturated heterocycles. The standard InChI is InChI=1S/C21H30O2/c1-4-13-6-8-17-16-7-5-14-11-15(22)9-10-20(14,2)19(16)18(23)12-21(13,17)3/h9-11,13,16-19,23H,4-8,12H2,1-3H3/t13-,16-,17-,18+,19+,20-,21+/m0/s1. The van der Waals surface area contributed by atoms with Gasteiger partial charge in [-0.2, -0.15) is 0 Å². The van der Waals surface area contributed by atoms with Crippen LogP contribution in [0, 0.1) is 34.5 Å². The van der Waals surface area contributed by atoms with E-state index in [1.54, 1.807) is 6.08 Å². The van der Waals surface area contributed by atoms with E-state index in [0.29, 0.717) is 17.3 Å². The summed E-state index contributed by atoms with van der Waals surface area (Å²) in [6.45, 7) is 7.03. The van der Waals surface area contributed by atoms with Crippen LogP contribution in [-0.2, 0) is 4.79 Å². The van der Waals surface area contributed by atoms with Crippen molar-refractivity contribution in [3.63, 3.8) is 0 Å². The number of rotatable bonds is 1. The molecular formula is C21H30O2. The molecule has 0 unspecified atom stereocenters. The predicted octanol–water partition coefficient (Wildman–Crippen LogP) is 4.29. The molecule has 0 aromatic rings. The Balaban J connectivity index is 1.73. The second-order valence-electron chi connectivity index (χ2n) is 8.98. The molecule has 0 spiro atoms. The van der Waals surface area contributed by atoms with Crippen molar-refractivity contribution in [2.75, 3.05) is 0 Å². The minimum atomic E-state index is -0.236. The molecule has 4 aliphatic carbocycles. The van der Waals surface area contributed by atoms with Gasteiger partial charge in [0.15, 0.2) is 5.78 Å². The van der Waals surface area contributed by atoms with E-state index in [9.17, 15) is 9.90 Å². The van der Waals surface area contributed by atoms with Gasteiger partial charge in [0, 0.05) is 11.3 Å². The van der Waals surface area contributed by atoms with Gasteiger partial charge in [-0.3, -0.25) is 4.79 Å². The highest BCUT2D eigenvalue weighted by Gasteiger charge is 2.60. The molecule has 126 valence electrons. The quantitative estimate of drug-likeness (QED) is 0.784. The van der Waals surface area contributed by atoms with Gasteiger partial charge in [-0.05, 0) is 67.4 Å². The first-order chi connectivity index (χ1) is 10.9. The molecule has 0 heterocycles. The number of hydrogen-bond donors (Lipinski definition) is 1. The van der Waals surface area contributed by atoms with Gasteiger partial charge in [0.1, 0.15) is 0 Å². The monoisotopic (exact) mass is 314 g/mol. The maximum atomic E-state index is 11.8. The highest BCUT2D eigenvalue weighted by atomic mass is 16.3. The van der Waals surface area contributed by atoms with Crippen molar-refractivity contribution in [3.8, 4) is 0 Å². The number of fused-ring (bicyclic) bond motifs is 5. The lowest BCUT2D eigenvalue weighted by molar-refractivity contribution is -0.118. The zero-order valence-electron chi connectivity index (χ0n) is 14.7. The van der Waals surface area contributed by atoms with Crippen LogP contribution in [0.1, 0.15) is 59.3 Å². The average molecular weight is 314 g/mol. The summed E-state index contributed by atoms with van der Waals surface area (Å²) in [6, 6.07) is 0. The van der Waals surface area contributed by atoms with Crippen molar-refractivity contribution in [1.82, 2.24) is 0 Å². The fraction of sp³-hybridized carbons (Fsp3) is 0.762. The van der Waals surface area contributed by atoms with Crippen molar-refractivity contribution in [1.29, 1.82) is 0 Å². The Kier molecular flexibility index (Phi) is 3.43. The van der Waals surface area contributed by atoms with Crippen LogP contribution >= 0.6 is 0 Å². The molecule has 0 amide bonds. The maximum absolute atomic E-state index is 11.8. The molecule has 0 aromatic carbocycles. The Morgan fingerprint density at radius 1 is 1.26 bits per heavy atom. The fourth-order valence-corrected chi connectivity index (χ4v) is 7.10. The molecule has 3 fully saturated rings. The molecule has 7 atom stereocenters. The van der Waals surface area contributed by atoms with Crippen molar-refractivity contribution < 1.29 is 9.90 Å². The molecule has 0 aliphatic heterocycles. The number of ketones is 1. The zero-order valence-corrected chi connectivity index (χ0v) is 14.7. The Bertz CT molecular complexity index is 589. The van der Waals surface area contributed by atoms with E-state index < -0.39 is 0 Å². The summed E-state index contributed by atoms with van der Waals surface area (Å²) in [5.74, 6) is 2.56. The van der Waals surface area contributed by atoms with Gasteiger partial charge in [-0.25, -0.2) is 0 Å². The van der Waals surface area contributed by atoms with Gasteiger partial charge in [-0.1, -0.05) is 38.8 Å². The third-order valence-electron chi connectivity index (χ3n) is 8.18. The minimum Gasteiger partial charge on any atom is -0.393 e. The lowest BCUT2D eigenvalue weighted by atomic mass is 9.47. The lowest BCUT2D eigenvalue weighted by Crippen LogP contribution is -2.55. The van der Waals surface area contributed by atoms with Crippen LogP contribution < -0.4 is 0 Å². The van der Waals surface area contributed by atoms with Crippen LogP contribution in [0.25, 0.3) is 0 Å². The SMILES string of the molecule is CC[C@H]1CC[C@H]2[C@@H]3CCC4=CC(=O)C=C[C@]4(C)[C@H]3[C@H](O)C[C@]12C. The number of aliphatic hydroxyl groups is 1. The molecule has 1 N–H and O–H groups in total. The Labute approximate surface area is 140 Å². The highest BCUT2D eigenvalue weighted by Crippen LogP contribution is 2.66. The number of hydrogen-bond acceptors (Lipinski definition) is 2. The van der Waals surface area contributed by atoms with Crippen molar-refractivity contribution in [3.05, 3.63) is 23.8 Å². The van der Waals surface area contributed by atoms with Crippen molar-refractivity contribution >= 4 is 5.78 Å². The van der Waals surface area contributed by atoms with Crippen LogP contribution in [-0.4, -0.2) is 17.0 Å². The summed E-state index contributed by atoms with van der Waals surface area (Å²) < 4.78 is 0. The summed E-state index contributed by atoms with van der Waals surface area (Å²) in [6.07, 6.45) is 12.5. The van der Waals surface area contributed by atoms with E-state index in [2.05, 4.69) is 26.8 Å². The van der Waals surface area contributed by atoms with Crippen LogP contribution in [0.15, 0.2) is 23.8 Å². The molecule has 2 heteroatoms. The molecule has 0 radical (unpaired) electrons. The molecule has 3 saturated carbocycles. The van der Waals surface area contributed by atoms with Gasteiger partial charge < -0.3 is 5.11 Å². The van der Waals surface area contributed by atoms with Crippen molar-refractivity contribution in [2.45, 2.75) is 65.4 Å². The first-order valence-electron chi connectivity index (χ1n) is 9.52. The van der Waals surface area contributed by atoms with Gasteiger partial charge in [0.2, 0.25) is 0 Å². The third-order valence-corrected chi connectivity index (χ3v) is 8.18. The molecule has 23 heavy (non-hydrogen) atoms. The molecule has 0 aromatic heterocycles.